The van der Waals surface area contributed by atoms with Crippen LogP contribution in [-0.2, 0) is 9.53 Å². The summed E-state index contributed by atoms with van der Waals surface area (Å²) in [4.78, 5) is 9.79. The Bertz CT molecular complexity index is 506. The van der Waals surface area contributed by atoms with Crippen molar-refractivity contribution in [3.05, 3.63) is 0 Å². The van der Waals surface area contributed by atoms with Crippen molar-refractivity contribution < 1.29 is 67.3 Å². The van der Waals surface area contributed by atoms with E-state index in [0.29, 0.717) is 0 Å². The van der Waals surface area contributed by atoms with Crippen LogP contribution in [0.2, 0.25) is 0 Å². The average Bonchev–Trinajstić information content (AvgIpc) is 2.41. The third-order valence-electron chi connectivity index (χ3n) is 3.54. The predicted octanol–water partition coefficient (Wildman–Crippen LogP) is 4.97. The molecule has 0 aliphatic rings. The number of alkyl halides is 11. The second-order valence-corrected chi connectivity index (χ2v) is 6.10. The molecule has 0 aromatic heterocycles. The summed E-state index contributed by atoms with van der Waals surface area (Å²) in [6.07, 6.45) is -17.4. The minimum Gasteiger partial charge on any atom is -0.340 e. The third-order valence-corrected chi connectivity index (χ3v) is 3.54. The van der Waals surface area contributed by atoms with Crippen molar-refractivity contribution in [2.45, 2.75) is 63.1 Å². The highest BCUT2D eigenvalue weighted by Crippen LogP contribution is 2.51. The van der Waals surface area contributed by atoms with E-state index in [-0.39, 0.29) is 13.8 Å². The topological polar surface area (TPSA) is 46.5 Å². The van der Waals surface area contributed by atoms with Gasteiger partial charge in [0.2, 0.25) is 0 Å². The summed E-state index contributed by atoms with van der Waals surface area (Å²) < 4.78 is 150. The average molecular weight is 448 g/mol. The van der Waals surface area contributed by atoms with Gasteiger partial charge < -0.3 is 9.84 Å². The largest absolute Gasteiger partial charge is 0.434 e. The highest BCUT2D eigenvalue weighted by Gasteiger charge is 2.78. The molecule has 0 amide bonds. The quantitative estimate of drug-likeness (QED) is 0.461. The lowest BCUT2D eigenvalue weighted by Gasteiger charge is -2.41. The Hall–Kier alpha value is -1.25. The Morgan fingerprint density at radius 3 is 1.36 bits per heavy atom. The van der Waals surface area contributed by atoms with Crippen molar-refractivity contribution in [2.24, 2.45) is 5.92 Å². The van der Waals surface area contributed by atoms with Gasteiger partial charge in [0.15, 0.2) is 6.86 Å². The van der Waals surface area contributed by atoms with Crippen LogP contribution in [0.1, 0.15) is 27.7 Å². The Labute approximate surface area is 150 Å². The lowest BCUT2D eigenvalue weighted by Crippen LogP contribution is -2.67. The van der Waals surface area contributed by atoms with Crippen LogP contribution in [-0.4, -0.2) is 53.4 Å². The van der Waals surface area contributed by atoms with E-state index in [0.717, 1.165) is 13.8 Å². The van der Waals surface area contributed by atoms with Gasteiger partial charge in [-0.3, -0.25) is 4.79 Å². The lowest BCUT2D eigenvalue weighted by atomic mass is 9.85. The Kier molecular flexibility index (Phi) is 8.93. The van der Waals surface area contributed by atoms with Crippen LogP contribution in [0.3, 0.4) is 0 Å². The van der Waals surface area contributed by atoms with Gasteiger partial charge in [0, 0.05) is 5.92 Å². The van der Waals surface area contributed by atoms with Crippen LogP contribution in [0.4, 0.5) is 52.7 Å². The van der Waals surface area contributed by atoms with Crippen LogP contribution >= 0.6 is 0 Å². The van der Waals surface area contributed by atoms with Gasteiger partial charge in [0.1, 0.15) is 5.60 Å². The zero-order valence-electron chi connectivity index (χ0n) is 14.6. The molecule has 0 aliphatic heterocycles. The molecule has 3 nitrogen and oxygen atoms in total. The fraction of sp³-hybridized carbons (Fsp3) is 0.923. The van der Waals surface area contributed by atoms with Crippen molar-refractivity contribution in [3.63, 3.8) is 0 Å². The Balaban J connectivity index is 0. The van der Waals surface area contributed by atoms with E-state index in [1.807, 2.05) is 0 Å². The van der Waals surface area contributed by atoms with Crippen LogP contribution < -0.4 is 0 Å². The molecule has 0 aliphatic carbocycles. The van der Waals surface area contributed by atoms with Crippen LogP contribution in [0.5, 0.6) is 0 Å². The van der Waals surface area contributed by atoms with E-state index < -0.39 is 54.2 Å². The molecule has 0 saturated heterocycles. The van der Waals surface area contributed by atoms with Gasteiger partial charge in [-0.15, -0.1) is 0 Å². The molecule has 0 aromatic rings. The van der Waals surface area contributed by atoms with E-state index in [9.17, 15) is 57.5 Å². The molecule has 0 spiro atoms. The highest BCUT2D eigenvalue weighted by atomic mass is 19.4. The van der Waals surface area contributed by atoms with Crippen LogP contribution in [0, 0.1) is 5.92 Å². The first-order chi connectivity index (χ1) is 11.9. The van der Waals surface area contributed by atoms with Gasteiger partial charge in [0.25, 0.3) is 5.67 Å². The van der Waals surface area contributed by atoms with Gasteiger partial charge in [0.05, 0.1) is 0 Å². The van der Waals surface area contributed by atoms with E-state index in [1.54, 1.807) is 0 Å². The summed E-state index contributed by atoms with van der Waals surface area (Å²) in [5.41, 5.74) is -13.1. The number of rotatable bonds is 6. The molecule has 1 N–H and O–H groups in total. The summed E-state index contributed by atoms with van der Waals surface area (Å²) in [6, 6.07) is -3.00. The number of aliphatic hydroxyl groups is 1. The molecule has 0 saturated carbocycles. The van der Waals surface area contributed by atoms with Gasteiger partial charge in [-0.05, 0) is 13.8 Å². The van der Waals surface area contributed by atoms with E-state index in [2.05, 4.69) is 4.74 Å². The maximum Gasteiger partial charge on any atom is 0.434 e. The summed E-state index contributed by atoms with van der Waals surface area (Å²) >= 11 is 0. The van der Waals surface area contributed by atoms with E-state index in [1.165, 1.54) is 0 Å². The monoisotopic (exact) mass is 448 g/mol. The first-order valence-electron chi connectivity index (χ1n) is 6.96. The van der Waals surface area contributed by atoms with Crippen LogP contribution in [0.25, 0.3) is 0 Å². The molecule has 28 heavy (non-hydrogen) atoms. The van der Waals surface area contributed by atoms with Gasteiger partial charge >= 0.3 is 30.2 Å². The first-order valence-corrected chi connectivity index (χ1v) is 6.96. The molecule has 170 valence electrons. The molecule has 0 rings (SSSR count). The van der Waals surface area contributed by atoms with Crippen molar-refractivity contribution in [3.8, 4) is 0 Å². The number of carbonyl (C=O) groups is 1. The van der Waals surface area contributed by atoms with Gasteiger partial charge in [-0.2, -0.15) is 39.5 Å². The fourth-order valence-corrected chi connectivity index (χ4v) is 1.78. The Morgan fingerprint density at radius 2 is 1.25 bits per heavy atom. The number of ether oxygens (including phenoxy) is 1. The highest BCUT2D eigenvalue weighted by molar-refractivity contribution is 5.79. The fourth-order valence-electron chi connectivity index (χ4n) is 1.78. The van der Waals surface area contributed by atoms with Gasteiger partial charge in [-0.25, -0.2) is 13.2 Å². The predicted molar refractivity (Wildman–Crippen MR) is 69.0 cm³/mol. The molecule has 0 radical (unpaired) electrons. The molecule has 0 aromatic carbocycles. The molecular weight excluding hydrogens is 432 g/mol. The van der Waals surface area contributed by atoms with E-state index in [4.69, 9.17) is 5.11 Å². The second kappa shape index (κ2) is 8.63. The first kappa shape index (κ1) is 29.0. The molecule has 0 bridgehead atoms. The SMILES string of the molecule is CC(C)(OCF)C(F)(C(O)(F)F)C(F)(F)F.CC(C)C(F)(C(=O)F)C(F)(F)F. The second-order valence-electron chi connectivity index (χ2n) is 6.10. The standard InChI is InChI=1S/C7H9F7O2.C6H7F5O/c1-4(2,16-3-8)5(9,6(10,11)12)7(13,14)15;1-3(2)5(8,4(7)12)6(9,10)11/h15H,3H2,1-2H3;3H,1-2H3. The van der Waals surface area contributed by atoms with Gasteiger partial charge in [-0.1, -0.05) is 13.8 Å². The van der Waals surface area contributed by atoms with Crippen molar-refractivity contribution in [1.29, 1.82) is 0 Å². The zero-order valence-corrected chi connectivity index (χ0v) is 14.6. The van der Waals surface area contributed by atoms with Crippen molar-refractivity contribution in [2.75, 3.05) is 6.86 Å². The molecular formula is C13H16F12O3. The molecule has 0 fully saturated rings. The summed E-state index contributed by atoms with van der Waals surface area (Å²) in [6.45, 7) is 0.162. The lowest BCUT2D eigenvalue weighted by molar-refractivity contribution is -0.410. The van der Waals surface area contributed by atoms with Crippen LogP contribution in [0.15, 0.2) is 0 Å². The van der Waals surface area contributed by atoms with E-state index >= 15 is 0 Å². The maximum absolute atomic E-state index is 13.4. The number of carbonyl (C=O) groups excluding carboxylic acids is 1. The molecule has 2 unspecified atom stereocenters. The normalized spacial score (nSPS) is 18.1. The number of hydrogen-bond acceptors (Lipinski definition) is 3. The molecule has 0 heterocycles. The zero-order chi connectivity index (χ0) is 23.6. The Morgan fingerprint density at radius 1 is 0.893 bits per heavy atom. The maximum atomic E-state index is 13.4. The molecule has 2 atom stereocenters. The summed E-state index contributed by atoms with van der Waals surface area (Å²) in [5.74, 6) is -1.77. The number of hydrogen-bond donors (Lipinski definition) is 1. The molecule has 15 heteroatoms. The van der Waals surface area contributed by atoms with Crippen molar-refractivity contribution in [1.82, 2.24) is 0 Å². The smallest absolute Gasteiger partial charge is 0.340 e. The number of halogens is 12. The van der Waals surface area contributed by atoms with Crippen molar-refractivity contribution >= 4 is 6.04 Å². The summed E-state index contributed by atoms with van der Waals surface area (Å²) in [7, 11) is 0. The summed E-state index contributed by atoms with van der Waals surface area (Å²) in [5, 5.41) is 8.00. The third kappa shape index (κ3) is 5.42. The minimum absolute atomic E-state index is 0.254. The minimum atomic E-state index is -6.14.